The van der Waals surface area contributed by atoms with Gasteiger partial charge in [0.25, 0.3) is 5.89 Å². The molecule has 11 nitrogen and oxygen atoms in total. The third-order valence-corrected chi connectivity index (χ3v) is 5.05. The second kappa shape index (κ2) is 10.2. The number of hydrogen-bond acceptors (Lipinski definition) is 10. The highest BCUT2D eigenvalue weighted by atomic mass is 16.5. The first-order valence-corrected chi connectivity index (χ1v) is 10.3. The van der Waals surface area contributed by atoms with Crippen LogP contribution >= 0.6 is 0 Å². The van der Waals surface area contributed by atoms with Crippen molar-refractivity contribution in [2.24, 2.45) is 0 Å². The molecule has 0 unspecified atom stereocenters. The van der Waals surface area contributed by atoms with E-state index in [1.54, 1.807) is 18.2 Å². The Morgan fingerprint density at radius 1 is 1.09 bits per heavy atom. The van der Waals surface area contributed by atoms with Gasteiger partial charge in [-0.2, -0.15) is 0 Å². The molecule has 0 radical (unpaired) electrons. The minimum absolute atomic E-state index is 0.0378. The summed E-state index contributed by atoms with van der Waals surface area (Å²) in [5.41, 5.74) is 7.17. The van der Waals surface area contributed by atoms with Crippen LogP contribution < -0.4 is 10.6 Å². The number of aromatic nitrogens is 4. The third kappa shape index (κ3) is 5.01. The molecule has 1 saturated heterocycles. The van der Waals surface area contributed by atoms with Gasteiger partial charge in [-0.15, -0.1) is 10.2 Å². The van der Waals surface area contributed by atoms with Gasteiger partial charge in [0, 0.05) is 38.9 Å². The van der Waals surface area contributed by atoms with Crippen molar-refractivity contribution in [3.63, 3.8) is 0 Å². The minimum atomic E-state index is -0.0378. The zero-order chi connectivity index (χ0) is 22.3. The number of ether oxygens (including phenoxy) is 2. The molecule has 2 N–H and O–H groups in total. The first kappa shape index (κ1) is 21.7. The van der Waals surface area contributed by atoms with Gasteiger partial charge >= 0.3 is 0 Å². The molecule has 1 aliphatic rings. The van der Waals surface area contributed by atoms with Gasteiger partial charge in [0.2, 0.25) is 11.8 Å². The molecule has 3 heterocycles. The maximum atomic E-state index is 12.3. The van der Waals surface area contributed by atoms with Crippen molar-refractivity contribution in [2.45, 2.75) is 0 Å². The van der Waals surface area contributed by atoms with E-state index in [0.717, 1.165) is 5.56 Å². The lowest BCUT2D eigenvalue weighted by molar-refractivity contribution is -0.136. The van der Waals surface area contributed by atoms with E-state index in [9.17, 15) is 4.79 Å². The van der Waals surface area contributed by atoms with Crippen LogP contribution in [-0.4, -0.2) is 84.1 Å². The maximum Gasteiger partial charge on any atom is 0.270 e. The van der Waals surface area contributed by atoms with Crippen LogP contribution in [0.1, 0.15) is 0 Å². The number of rotatable bonds is 8. The second-order valence-electron chi connectivity index (χ2n) is 7.15. The predicted molar refractivity (Wildman–Crippen MR) is 117 cm³/mol. The molecule has 168 valence electrons. The number of nitrogens with zero attached hydrogens (tertiary/aromatic N) is 6. The quantitative estimate of drug-likeness (QED) is 0.508. The van der Waals surface area contributed by atoms with Crippen LogP contribution in [0.4, 0.5) is 11.6 Å². The molecular formula is C21H25N7O4. The number of nitrogen functional groups attached to an aromatic ring is 1. The summed E-state index contributed by atoms with van der Waals surface area (Å²) in [6.45, 7) is 3.26. The van der Waals surface area contributed by atoms with E-state index in [1.165, 1.54) is 0 Å². The van der Waals surface area contributed by atoms with Crippen molar-refractivity contribution < 1.29 is 18.7 Å². The van der Waals surface area contributed by atoms with Crippen LogP contribution in [0.2, 0.25) is 0 Å². The number of carbonyl (C=O) groups excluding carboxylic acids is 1. The summed E-state index contributed by atoms with van der Waals surface area (Å²) < 4.78 is 16.0. The van der Waals surface area contributed by atoms with Crippen molar-refractivity contribution in [2.75, 3.05) is 63.7 Å². The smallest absolute Gasteiger partial charge is 0.270 e. The Morgan fingerprint density at radius 3 is 2.59 bits per heavy atom. The summed E-state index contributed by atoms with van der Waals surface area (Å²) in [6.07, 6.45) is 1.61. The molecule has 1 aliphatic heterocycles. The molecule has 2 aromatic heterocycles. The van der Waals surface area contributed by atoms with Crippen molar-refractivity contribution in [1.82, 2.24) is 25.1 Å². The van der Waals surface area contributed by atoms with Crippen LogP contribution in [0.5, 0.6) is 0 Å². The number of benzene rings is 1. The van der Waals surface area contributed by atoms with E-state index < -0.39 is 0 Å². The van der Waals surface area contributed by atoms with Gasteiger partial charge in [0.1, 0.15) is 12.4 Å². The number of amides is 1. The molecule has 0 atom stereocenters. The van der Waals surface area contributed by atoms with E-state index >= 15 is 0 Å². The lowest BCUT2D eigenvalue weighted by atomic mass is 10.2. The molecule has 11 heteroatoms. The lowest BCUT2D eigenvalue weighted by Gasteiger charge is -2.35. The van der Waals surface area contributed by atoms with Crippen LogP contribution in [0, 0.1) is 0 Å². The van der Waals surface area contributed by atoms with E-state index in [1.807, 2.05) is 35.2 Å². The topological polar surface area (TPSA) is 133 Å². The van der Waals surface area contributed by atoms with Gasteiger partial charge in [0.15, 0.2) is 11.5 Å². The summed E-state index contributed by atoms with van der Waals surface area (Å²) in [4.78, 5) is 25.0. The fraction of sp³-hybridized carbons (Fsp3) is 0.381. The summed E-state index contributed by atoms with van der Waals surface area (Å²) in [5, 5.41) is 8.19. The highest BCUT2D eigenvalue weighted by Crippen LogP contribution is 2.27. The van der Waals surface area contributed by atoms with Crippen LogP contribution in [-0.2, 0) is 14.3 Å². The van der Waals surface area contributed by atoms with Crippen LogP contribution in [0.25, 0.3) is 23.0 Å². The average molecular weight is 439 g/mol. The first-order valence-electron chi connectivity index (χ1n) is 10.3. The standard InChI is InChI=1S/C21H25N7O4/c1-30-11-12-31-14-17(29)28-9-7-27(8-10-28)16-13-23-19(22)18(24-16)21-26-25-20(32-21)15-5-3-2-4-6-15/h2-6,13H,7-12,14H2,1H3,(H2,22,23). The summed E-state index contributed by atoms with van der Waals surface area (Å²) in [6, 6.07) is 9.46. The highest BCUT2D eigenvalue weighted by molar-refractivity contribution is 5.77. The number of carbonyl (C=O) groups is 1. The SMILES string of the molecule is COCCOCC(=O)N1CCN(c2cnc(N)c(-c3nnc(-c4ccccc4)o3)n2)CC1. The van der Waals surface area contributed by atoms with E-state index in [-0.39, 0.29) is 24.2 Å². The molecule has 0 bridgehead atoms. The lowest BCUT2D eigenvalue weighted by Crippen LogP contribution is -2.50. The van der Waals surface area contributed by atoms with Crippen molar-refractivity contribution in [1.29, 1.82) is 0 Å². The molecule has 1 amide bonds. The largest absolute Gasteiger partial charge is 0.414 e. The Balaban J connectivity index is 1.41. The summed E-state index contributed by atoms with van der Waals surface area (Å²) >= 11 is 0. The Hall–Kier alpha value is -3.57. The molecule has 1 aromatic carbocycles. The zero-order valence-corrected chi connectivity index (χ0v) is 17.8. The van der Waals surface area contributed by atoms with Gasteiger partial charge < -0.3 is 29.4 Å². The number of nitrogens with two attached hydrogens (primary N) is 1. The normalized spacial score (nSPS) is 14.0. The molecule has 0 spiro atoms. The predicted octanol–water partition coefficient (Wildman–Crippen LogP) is 1.09. The third-order valence-electron chi connectivity index (χ3n) is 5.05. The van der Waals surface area contributed by atoms with Gasteiger partial charge in [-0.3, -0.25) is 4.79 Å². The Kier molecular flexibility index (Phi) is 6.87. The minimum Gasteiger partial charge on any atom is -0.414 e. The number of hydrogen-bond donors (Lipinski definition) is 1. The van der Waals surface area contributed by atoms with Crippen molar-refractivity contribution in [3.8, 4) is 23.0 Å². The Labute approximate surface area is 185 Å². The van der Waals surface area contributed by atoms with Gasteiger partial charge in [0.05, 0.1) is 19.4 Å². The number of methoxy groups -OCH3 is 1. The van der Waals surface area contributed by atoms with Crippen molar-refractivity contribution in [3.05, 3.63) is 36.5 Å². The fourth-order valence-electron chi connectivity index (χ4n) is 3.29. The van der Waals surface area contributed by atoms with Crippen LogP contribution in [0.15, 0.2) is 40.9 Å². The van der Waals surface area contributed by atoms with Gasteiger partial charge in [-0.1, -0.05) is 18.2 Å². The molecule has 32 heavy (non-hydrogen) atoms. The molecule has 3 aromatic rings. The molecule has 1 fully saturated rings. The Bertz CT molecular complexity index is 1040. The molecule has 0 saturated carbocycles. The second-order valence-corrected chi connectivity index (χ2v) is 7.15. The summed E-state index contributed by atoms with van der Waals surface area (Å²) in [7, 11) is 1.59. The molecule has 0 aliphatic carbocycles. The monoisotopic (exact) mass is 439 g/mol. The van der Waals surface area contributed by atoms with E-state index in [0.29, 0.717) is 56.8 Å². The van der Waals surface area contributed by atoms with E-state index in [4.69, 9.17) is 19.6 Å². The fourth-order valence-corrected chi connectivity index (χ4v) is 3.29. The Morgan fingerprint density at radius 2 is 1.84 bits per heavy atom. The summed E-state index contributed by atoms with van der Waals surface area (Å²) in [5.74, 6) is 1.39. The zero-order valence-electron chi connectivity index (χ0n) is 17.8. The van der Waals surface area contributed by atoms with Gasteiger partial charge in [-0.25, -0.2) is 9.97 Å². The number of piperazine rings is 1. The average Bonchev–Trinajstić information content (AvgIpc) is 3.33. The highest BCUT2D eigenvalue weighted by Gasteiger charge is 2.24. The molecule has 4 rings (SSSR count). The van der Waals surface area contributed by atoms with Gasteiger partial charge in [-0.05, 0) is 12.1 Å². The molecular weight excluding hydrogens is 414 g/mol. The maximum absolute atomic E-state index is 12.3. The van der Waals surface area contributed by atoms with Crippen molar-refractivity contribution >= 4 is 17.5 Å². The van der Waals surface area contributed by atoms with E-state index in [2.05, 4.69) is 20.2 Å². The number of anilines is 2. The van der Waals surface area contributed by atoms with Crippen LogP contribution in [0.3, 0.4) is 0 Å². The first-order chi connectivity index (χ1) is 15.7.